The summed E-state index contributed by atoms with van der Waals surface area (Å²) in [5, 5.41) is 11.1. The van der Waals surface area contributed by atoms with Crippen LogP contribution in [0.5, 0.6) is 0 Å². The van der Waals surface area contributed by atoms with Crippen LogP contribution in [0.2, 0.25) is 5.02 Å². The number of halogens is 1. The molecular weight excluding hydrogens is 248 g/mol. The van der Waals surface area contributed by atoms with Gasteiger partial charge in [0.15, 0.2) is 0 Å². The fraction of sp³-hybridized carbons (Fsp3) is 0.182. The van der Waals surface area contributed by atoms with Gasteiger partial charge in [-0.15, -0.1) is 0 Å². The molecule has 0 unspecified atom stereocenters. The average molecular weight is 259 g/mol. The van der Waals surface area contributed by atoms with Crippen molar-refractivity contribution in [3.05, 3.63) is 40.3 Å². The van der Waals surface area contributed by atoms with Crippen LogP contribution >= 0.6 is 23.4 Å². The van der Waals surface area contributed by atoms with E-state index in [1.807, 2.05) is 0 Å². The van der Waals surface area contributed by atoms with Crippen LogP contribution in [0, 0.1) is 0 Å². The van der Waals surface area contributed by atoms with E-state index in [1.54, 1.807) is 11.5 Å². The predicted molar refractivity (Wildman–Crippen MR) is 64.8 cm³/mol. The summed E-state index contributed by atoms with van der Waals surface area (Å²) in [5.41, 5.74) is 0.938. The monoisotopic (exact) mass is 258 g/mol. The van der Waals surface area contributed by atoms with Gasteiger partial charge in [0.1, 0.15) is 0 Å². The molecule has 0 aliphatic heterocycles. The zero-order chi connectivity index (χ0) is 12.1. The molecule has 0 bridgehead atoms. The second-order valence-electron chi connectivity index (χ2n) is 2.87. The Hall–Kier alpha value is -0.970. The second kappa shape index (κ2) is 5.94. The molecule has 86 valence electrons. The molecule has 0 fully saturated rings. The first-order chi connectivity index (χ1) is 7.63. The molecular formula is C11H11ClO3S. The first kappa shape index (κ1) is 13.1. The highest BCUT2D eigenvalue weighted by molar-refractivity contribution is 8.02. The van der Waals surface area contributed by atoms with Crippen LogP contribution in [0.1, 0.15) is 15.9 Å². The minimum absolute atomic E-state index is 0.184. The standard InChI is InChI=1S/C11H11ClO3S/c1-3-16-10-5-7(11(14)15-2)4-9(12)8(10)6-13/h3-5,13H,1,6H2,2H3. The van der Waals surface area contributed by atoms with E-state index in [0.717, 1.165) is 0 Å². The van der Waals surface area contributed by atoms with Crippen molar-refractivity contribution >= 4 is 29.3 Å². The van der Waals surface area contributed by atoms with E-state index in [2.05, 4.69) is 11.3 Å². The number of benzene rings is 1. The van der Waals surface area contributed by atoms with Gasteiger partial charge in [-0.2, -0.15) is 0 Å². The number of aliphatic hydroxyl groups is 1. The normalized spacial score (nSPS) is 9.94. The summed E-state index contributed by atoms with van der Waals surface area (Å²) in [6, 6.07) is 3.10. The zero-order valence-corrected chi connectivity index (χ0v) is 10.3. The maximum absolute atomic E-state index is 11.3. The van der Waals surface area contributed by atoms with E-state index in [1.165, 1.54) is 24.9 Å². The number of carbonyl (C=O) groups is 1. The lowest BCUT2D eigenvalue weighted by molar-refractivity contribution is 0.0600. The lowest BCUT2D eigenvalue weighted by Crippen LogP contribution is -2.03. The number of hydrogen-bond acceptors (Lipinski definition) is 4. The molecule has 0 saturated heterocycles. The van der Waals surface area contributed by atoms with Crippen LogP contribution in [0.3, 0.4) is 0 Å². The van der Waals surface area contributed by atoms with Crippen molar-refractivity contribution in [2.24, 2.45) is 0 Å². The Morgan fingerprint density at radius 2 is 2.38 bits per heavy atom. The van der Waals surface area contributed by atoms with Gasteiger partial charge >= 0.3 is 5.97 Å². The molecule has 0 amide bonds. The van der Waals surface area contributed by atoms with E-state index < -0.39 is 5.97 Å². The van der Waals surface area contributed by atoms with Crippen molar-refractivity contribution in [2.75, 3.05) is 7.11 Å². The number of thioether (sulfide) groups is 1. The molecule has 0 heterocycles. The van der Waals surface area contributed by atoms with Gasteiger partial charge in [0, 0.05) is 15.5 Å². The first-order valence-electron chi connectivity index (χ1n) is 4.43. The van der Waals surface area contributed by atoms with E-state index in [-0.39, 0.29) is 6.61 Å². The molecule has 0 spiro atoms. The largest absolute Gasteiger partial charge is 0.465 e. The summed E-state index contributed by atoms with van der Waals surface area (Å²) in [5.74, 6) is -0.461. The van der Waals surface area contributed by atoms with Crippen molar-refractivity contribution in [3.8, 4) is 0 Å². The second-order valence-corrected chi connectivity index (χ2v) is 4.29. The van der Waals surface area contributed by atoms with Gasteiger partial charge in [-0.3, -0.25) is 0 Å². The number of aliphatic hydroxyl groups excluding tert-OH is 1. The topological polar surface area (TPSA) is 46.5 Å². The van der Waals surface area contributed by atoms with Crippen LogP contribution in [0.4, 0.5) is 0 Å². The van der Waals surface area contributed by atoms with Gasteiger partial charge in [0.05, 0.1) is 19.3 Å². The third-order valence-corrected chi connectivity index (χ3v) is 3.07. The van der Waals surface area contributed by atoms with Crippen LogP contribution < -0.4 is 0 Å². The molecule has 0 aliphatic rings. The summed E-state index contributed by atoms with van der Waals surface area (Å²) in [7, 11) is 1.30. The molecule has 1 aromatic carbocycles. The van der Waals surface area contributed by atoms with Crippen LogP contribution in [-0.4, -0.2) is 18.2 Å². The lowest BCUT2D eigenvalue weighted by atomic mass is 10.1. The van der Waals surface area contributed by atoms with E-state index in [9.17, 15) is 4.79 Å². The number of rotatable bonds is 4. The molecule has 1 aromatic rings. The van der Waals surface area contributed by atoms with Crippen LogP contribution in [0.25, 0.3) is 0 Å². The van der Waals surface area contributed by atoms with E-state index in [0.29, 0.717) is 21.0 Å². The summed E-state index contributed by atoms with van der Waals surface area (Å²) in [6.07, 6.45) is 0. The molecule has 0 saturated carbocycles. The Morgan fingerprint density at radius 3 is 2.88 bits per heavy atom. The molecule has 1 N–H and O–H groups in total. The third-order valence-electron chi connectivity index (χ3n) is 1.94. The summed E-state index contributed by atoms with van der Waals surface area (Å²) < 4.78 is 4.60. The maximum Gasteiger partial charge on any atom is 0.337 e. The summed E-state index contributed by atoms with van der Waals surface area (Å²) in [6.45, 7) is 3.39. The van der Waals surface area contributed by atoms with E-state index >= 15 is 0 Å². The highest BCUT2D eigenvalue weighted by Crippen LogP contribution is 2.31. The Kier molecular flexibility index (Phi) is 4.86. The summed E-state index contributed by atoms with van der Waals surface area (Å²) in [4.78, 5) is 12.0. The summed E-state index contributed by atoms with van der Waals surface area (Å²) >= 11 is 7.25. The lowest BCUT2D eigenvalue weighted by Gasteiger charge is -2.09. The Labute approximate surface area is 103 Å². The number of hydrogen-bond donors (Lipinski definition) is 1. The minimum Gasteiger partial charge on any atom is -0.465 e. The fourth-order valence-corrected chi connectivity index (χ4v) is 2.22. The van der Waals surface area contributed by atoms with Crippen molar-refractivity contribution in [3.63, 3.8) is 0 Å². The van der Waals surface area contributed by atoms with Crippen LogP contribution in [-0.2, 0) is 11.3 Å². The molecule has 1 rings (SSSR count). The molecule has 3 nitrogen and oxygen atoms in total. The molecule has 0 radical (unpaired) electrons. The average Bonchev–Trinajstić information content (AvgIpc) is 2.28. The van der Waals surface area contributed by atoms with Crippen molar-refractivity contribution < 1.29 is 14.6 Å². The third kappa shape index (κ3) is 2.78. The smallest absolute Gasteiger partial charge is 0.337 e. The van der Waals surface area contributed by atoms with Crippen molar-refractivity contribution in [1.29, 1.82) is 0 Å². The van der Waals surface area contributed by atoms with Crippen molar-refractivity contribution in [2.45, 2.75) is 11.5 Å². The van der Waals surface area contributed by atoms with Gasteiger partial charge < -0.3 is 9.84 Å². The zero-order valence-electron chi connectivity index (χ0n) is 8.70. The molecule has 0 atom stereocenters. The SMILES string of the molecule is C=CSc1cc(C(=O)OC)cc(Cl)c1CO. The van der Waals surface area contributed by atoms with E-state index in [4.69, 9.17) is 16.7 Å². The minimum atomic E-state index is -0.461. The van der Waals surface area contributed by atoms with Gasteiger partial charge in [0.25, 0.3) is 0 Å². The predicted octanol–water partition coefficient (Wildman–Crippen LogP) is 2.85. The molecule has 16 heavy (non-hydrogen) atoms. The molecule has 5 heteroatoms. The first-order valence-corrected chi connectivity index (χ1v) is 5.69. The highest BCUT2D eigenvalue weighted by atomic mass is 35.5. The number of carbonyl (C=O) groups excluding carboxylic acids is 1. The van der Waals surface area contributed by atoms with Gasteiger partial charge in [-0.1, -0.05) is 29.9 Å². The van der Waals surface area contributed by atoms with Gasteiger partial charge in [-0.25, -0.2) is 4.79 Å². The van der Waals surface area contributed by atoms with Crippen molar-refractivity contribution in [1.82, 2.24) is 0 Å². The van der Waals surface area contributed by atoms with Gasteiger partial charge in [-0.05, 0) is 17.5 Å². The van der Waals surface area contributed by atoms with Gasteiger partial charge in [0.2, 0.25) is 0 Å². The Bertz CT molecular complexity index is 418. The number of methoxy groups -OCH3 is 1. The molecule has 0 aliphatic carbocycles. The Morgan fingerprint density at radius 1 is 1.69 bits per heavy atom. The highest BCUT2D eigenvalue weighted by Gasteiger charge is 2.13. The maximum atomic E-state index is 11.3. The fourth-order valence-electron chi connectivity index (χ4n) is 1.20. The number of ether oxygens (including phenoxy) is 1. The Balaban J connectivity index is 3.27. The number of esters is 1. The quantitative estimate of drug-likeness (QED) is 0.666. The molecule has 0 aromatic heterocycles. The van der Waals surface area contributed by atoms with Crippen LogP contribution in [0.15, 0.2) is 29.0 Å².